The number of aromatic nitrogens is 1. The van der Waals surface area contributed by atoms with Crippen LogP contribution in [0.15, 0.2) is 18.2 Å². The fourth-order valence-corrected chi connectivity index (χ4v) is 3.65. The van der Waals surface area contributed by atoms with Gasteiger partial charge in [-0.15, -0.1) is 0 Å². The van der Waals surface area contributed by atoms with Crippen molar-refractivity contribution in [3.63, 3.8) is 0 Å². The number of hydrogen-bond donors (Lipinski definition) is 2. The lowest BCUT2D eigenvalue weighted by Crippen LogP contribution is -2.38. The van der Waals surface area contributed by atoms with Crippen LogP contribution in [0.5, 0.6) is 0 Å². The van der Waals surface area contributed by atoms with E-state index in [0.29, 0.717) is 5.92 Å². The highest BCUT2D eigenvalue weighted by atomic mass is 16.4. The first kappa shape index (κ1) is 10.9. The predicted octanol–water partition coefficient (Wildman–Crippen LogP) is 2.49. The highest BCUT2D eigenvalue weighted by Crippen LogP contribution is 2.46. The Morgan fingerprint density at radius 3 is 2.89 bits per heavy atom. The van der Waals surface area contributed by atoms with Crippen molar-refractivity contribution in [2.75, 3.05) is 18.0 Å². The molecule has 5 rings (SSSR count). The number of nitrogens with zero attached hydrogens (tertiary/aromatic N) is 1. The van der Waals surface area contributed by atoms with Crippen LogP contribution in [0.1, 0.15) is 29.9 Å². The first-order valence-electron chi connectivity index (χ1n) is 6.84. The Hall–Kier alpha value is -1.97. The summed E-state index contributed by atoms with van der Waals surface area (Å²) < 4.78 is 0. The van der Waals surface area contributed by atoms with Crippen molar-refractivity contribution in [1.82, 2.24) is 4.98 Å². The first-order chi connectivity index (χ1) is 9.24. The number of rotatable bonds is 2. The third-order valence-electron chi connectivity index (χ3n) is 4.50. The number of para-hydroxylation sites is 1. The molecule has 1 saturated heterocycles. The molecule has 4 heterocycles. The van der Waals surface area contributed by atoms with Crippen LogP contribution in [0.3, 0.4) is 0 Å². The maximum absolute atomic E-state index is 11.0. The van der Waals surface area contributed by atoms with Crippen LogP contribution in [0, 0.1) is 0 Å². The van der Waals surface area contributed by atoms with Crippen LogP contribution in [0.2, 0.25) is 0 Å². The van der Waals surface area contributed by atoms with Crippen LogP contribution in [-0.2, 0) is 11.2 Å². The van der Waals surface area contributed by atoms with E-state index in [9.17, 15) is 4.79 Å². The largest absolute Gasteiger partial charge is 0.481 e. The van der Waals surface area contributed by atoms with E-state index in [4.69, 9.17) is 5.11 Å². The summed E-state index contributed by atoms with van der Waals surface area (Å²) in [5.41, 5.74) is 3.33. The molecule has 0 atom stereocenters. The van der Waals surface area contributed by atoms with Gasteiger partial charge in [-0.2, -0.15) is 0 Å². The minimum Gasteiger partial charge on any atom is -0.481 e. The van der Waals surface area contributed by atoms with Crippen molar-refractivity contribution in [3.8, 4) is 0 Å². The summed E-state index contributed by atoms with van der Waals surface area (Å²) in [6, 6.07) is 6.01. The van der Waals surface area contributed by atoms with Crippen molar-refractivity contribution in [2.24, 2.45) is 0 Å². The van der Waals surface area contributed by atoms with Gasteiger partial charge in [0.2, 0.25) is 0 Å². The third-order valence-corrected chi connectivity index (χ3v) is 4.50. The van der Waals surface area contributed by atoms with Crippen LogP contribution < -0.4 is 4.90 Å². The van der Waals surface area contributed by atoms with Crippen LogP contribution in [0.25, 0.3) is 10.9 Å². The molecular weight excluding hydrogens is 240 g/mol. The summed E-state index contributed by atoms with van der Waals surface area (Å²) in [6.07, 6.45) is 2.54. The Kier molecular flexibility index (Phi) is 2.16. The van der Waals surface area contributed by atoms with Crippen molar-refractivity contribution in [1.29, 1.82) is 0 Å². The lowest BCUT2D eigenvalue weighted by Gasteiger charge is -2.40. The first-order valence-corrected chi connectivity index (χ1v) is 6.84. The molecule has 98 valence electrons. The van der Waals surface area contributed by atoms with E-state index in [1.165, 1.54) is 29.6 Å². The minimum atomic E-state index is -0.775. The smallest absolute Gasteiger partial charge is 0.307 e. The van der Waals surface area contributed by atoms with Gasteiger partial charge in [-0.3, -0.25) is 4.79 Å². The predicted molar refractivity (Wildman–Crippen MR) is 73.8 cm³/mol. The number of aromatic amines is 1. The molecule has 4 nitrogen and oxygen atoms in total. The van der Waals surface area contributed by atoms with Crippen LogP contribution in [-0.4, -0.2) is 29.1 Å². The van der Waals surface area contributed by atoms with Gasteiger partial charge >= 0.3 is 5.97 Å². The van der Waals surface area contributed by atoms with Gasteiger partial charge in [-0.05, 0) is 24.3 Å². The van der Waals surface area contributed by atoms with Gasteiger partial charge < -0.3 is 15.0 Å². The van der Waals surface area contributed by atoms with E-state index >= 15 is 0 Å². The standard InChI is InChI=1S/C15H16N2O2/c18-12(19)8-10-2-1-3-11-13-9-4-6-17(7-5-9)15(13)16-14(10)11/h1-3,9,16H,4-8H2,(H,18,19). The monoisotopic (exact) mass is 256 g/mol. The molecule has 1 fully saturated rings. The lowest BCUT2D eigenvalue weighted by molar-refractivity contribution is -0.136. The molecule has 0 radical (unpaired) electrons. The number of carboxylic acid groups (broad SMARTS) is 1. The number of H-pyrrole nitrogens is 1. The van der Waals surface area contributed by atoms with E-state index in [1.54, 1.807) is 0 Å². The second kappa shape index (κ2) is 3.76. The molecule has 0 spiro atoms. The summed E-state index contributed by atoms with van der Waals surface area (Å²) in [5.74, 6) is 1.10. The highest BCUT2D eigenvalue weighted by Gasteiger charge is 2.34. The van der Waals surface area contributed by atoms with Crippen molar-refractivity contribution in [2.45, 2.75) is 25.2 Å². The van der Waals surface area contributed by atoms with Gasteiger partial charge in [0, 0.05) is 24.0 Å². The number of nitrogens with one attached hydrogen (secondary N) is 1. The van der Waals surface area contributed by atoms with Gasteiger partial charge in [0.05, 0.1) is 11.9 Å². The Morgan fingerprint density at radius 2 is 2.16 bits per heavy atom. The molecule has 2 bridgehead atoms. The normalized spacial score (nSPS) is 18.0. The molecule has 2 N–H and O–H groups in total. The van der Waals surface area contributed by atoms with Crippen LogP contribution in [0.4, 0.5) is 5.82 Å². The zero-order valence-electron chi connectivity index (χ0n) is 10.6. The molecule has 2 aromatic rings. The number of hydrogen-bond acceptors (Lipinski definition) is 2. The van der Waals surface area contributed by atoms with Crippen molar-refractivity contribution >= 4 is 22.7 Å². The summed E-state index contributed by atoms with van der Waals surface area (Å²) in [6.45, 7) is 2.25. The lowest BCUT2D eigenvalue weighted by atomic mass is 9.84. The van der Waals surface area contributed by atoms with Gasteiger partial charge in [0.1, 0.15) is 5.82 Å². The van der Waals surface area contributed by atoms with Crippen molar-refractivity contribution < 1.29 is 9.90 Å². The average Bonchev–Trinajstić information content (AvgIpc) is 2.82. The van der Waals surface area contributed by atoms with Gasteiger partial charge in [0.15, 0.2) is 0 Å². The molecule has 19 heavy (non-hydrogen) atoms. The fraction of sp³-hybridized carbons (Fsp3) is 0.400. The van der Waals surface area contributed by atoms with E-state index in [1.807, 2.05) is 12.1 Å². The average molecular weight is 256 g/mol. The fourth-order valence-electron chi connectivity index (χ4n) is 3.65. The molecule has 4 heteroatoms. The summed E-state index contributed by atoms with van der Waals surface area (Å²) in [5, 5.41) is 10.2. The number of aliphatic carboxylic acids is 1. The Morgan fingerprint density at radius 1 is 1.37 bits per heavy atom. The maximum atomic E-state index is 11.0. The van der Waals surface area contributed by atoms with E-state index < -0.39 is 5.97 Å². The number of benzene rings is 1. The Balaban J connectivity index is 1.96. The third kappa shape index (κ3) is 1.49. The Labute approximate surface area is 111 Å². The number of anilines is 1. The van der Waals surface area contributed by atoms with Gasteiger partial charge in [-0.1, -0.05) is 18.2 Å². The molecule has 1 aromatic carbocycles. The molecule has 1 aromatic heterocycles. The number of fused-ring (bicyclic) bond motifs is 3. The minimum absolute atomic E-state index is 0.0847. The number of piperidine rings is 1. The SMILES string of the molecule is O=C(O)Cc1cccc2c3c([nH]c12)N1CCC3CC1. The molecule has 0 amide bonds. The number of carbonyl (C=O) groups is 1. The zero-order valence-corrected chi connectivity index (χ0v) is 10.6. The molecule has 3 aliphatic heterocycles. The van der Waals surface area contributed by atoms with Crippen molar-refractivity contribution in [3.05, 3.63) is 29.3 Å². The molecule has 0 unspecified atom stereocenters. The second-order valence-corrected chi connectivity index (χ2v) is 5.56. The second-order valence-electron chi connectivity index (χ2n) is 5.56. The van der Waals surface area contributed by atoms with Crippen LogP contribution >= 0.6 is 0 Å². The van der Waals surface area contributed by atoms with E-state index in [2.05, 4.69) is 16.0 Å². The molecule has 0 aliphatic carbocycles. The van der Waals surface area contributed by atoms with E-state index in [-0.39, 0.29) is 6.42 Å². The van der Waals surface area contributed by atoms with E-state index in [0.717, 1.165) is 24.2 Å². The quantitative estimate of drug-likeness (QED) is 0.868. The summed E-state index contributed by atoms with van der Waals surface area (Å²) >= 11 is 0. The molecule has 0 saturated carbocycles. The summed E-state index contributed by atoms with van der Waals surface area (Å²) in [7, 11) is 0. The topological polar surface area (TPSA) is 56.3 Å². The van der Waals surface area contributed by atoms with Gasteiger partial charge in [0.25, 0.3) is 0 Å². The zero-order chi connectivity index (χ0) is 13.0. The Bertz CT molecular complexity index is 666. The molecular formula is C15H16N2O2. The number of carboxylic acids is 1. The highest BCUT2D eigenvalue weighted by molar-refractivity contribution is 5.94. The van der Waals surface area contributed by atoms with Gasteiger partial charge in [-0.25, -0.2) is 0 Å². The maximum Gasteiger partial charge on any atom is 0.307 e. The summed E-state index contributed by atoms with van der Waals surface area (Å²) in [4.78, 5) is 16.9. The molecule has 3 aliphatic rings.